The number of aryl methyl sites for hydroxylation is 1. The van der Waals surface area contributed by atoms with Gasteiger partial charge in [0.1, 0.15) is 0 Å². The van der Waals surface area contributed by atoms with Gasteiger partial charge in [0.15, 0.2) is 0 Å². The van der Waals surface area contributed by atoms with Crippen LogP contribution in [0.5, 0.6) is 0 Å². The molecule has 1 N–H and O–H groups in total. The topological polar surface area (TPSA) is 41.6 Å². The van der Waals surface area contributed by atoms with Gasteiger partial charge in [0, 0.05) is 29.8 Å². The molecular weight excluding hydrogens is 380 g/mol. The van der Waals surface area contributed by atoms with Crippen molar-refractivity contribution in [1.29, 1.82) is 0 Å². The lowest BCUT2D eigenvalue weighted by Gasteiger charge is -2.35. The van der Waals surface area contributed by atoms with E-state index in [-0.39, 0.29) is 11.9 Å². The fraction of sp³-hybridized carbons (Fsp3) is 0.458. The summed E-state index contributed by atoms with van der Waals surface area (Å²) >= 11 is 1.84. The molecule has 0 saturated carbocycles. The molecule has 0 aliphatic carbocycles. The van der Waals surface area contributed by atoms with Crippen LogP contribution in [-0.2, 0) is 16.0 Å². The van der Waals surface area contributed by atoms with Crippen molar-refractivity contribution in [3.05, 3.63) is 65.2 Å². The van der Waals surface area contributed by atoms with Gasteiger partial charge in [-0.2, -0.15) is 0 Å². The summed E-state index contributed by atoms with van der Waals surface area (Å²) < 4.78 is 5.51. The highest BCUT2D eigenvalue weighted by atomic mass is 32.2. The zero-order valence-electron chi connectivity index (χ0n) is 17.7. The molecule has 2 aromatic carbocycles. The van der Waals surface area contributed by atoms with Crippen molar-refractivity contribution in [3.8, 4) is 0 Å². The fourth-order valence-corrected chi connectivity index (χ4v) is 4.39. The van der Waals surface area contributed by atoms with Crippen molar-refractivity contribution in [1.82, 2.24) is 10.2 Å². The maximum Gasteiger partial charge on any atom is 0.224 e. The van der Waals surface area contributed by atoms with E-state index in [4.69, 9.17) is 4.74 Å². The Bertz CT molecular complexity index is 768. The van der Waals surface area contributed by atoms with Gasteiger partial charge in [-0.15, -0.1) is 11.8 Å². The van der Waals surface area contributed by atoms with E-state index in [0.717, 1.165) is 31.9 Å². The molecule has 29 heavy (non-hydrogen) atoms. The van der Waals surface area contributed by atoms with Crippen molar-refractivity contribution in [2.75, 3.05) is 32.8 Å². The van der Waals surface area contributed by atoms with Gasteiger partial charge in [-0.25, -0.2) is 0 Å². The summed E-state index contributed by atoms with van der Waals surface area (Å²) in [5, 5.41) is 3.72. The number of nitrogens with zero attached hydrogens (tertiary/aromatic N) is 1. The van der Waals surface area contributed by atoms with Gasteiger partial charge in [0.2, 0.25) is 5.91 Å². The molecule has 0 bridgehead atoms. The highest BCUT2D eigenvalue weighted by Crippen LogP contribution is 2.24. The van der Waals surface area contributed by atoms with E-state index in [2.05, 4.69) is 79.5 Å². The van der Waals surface area contributed by atoms with Crippen molar-refractivity contribution < 1.29 is 9.53 Å². The first-order valence-electron chi connectivity index (χ1n) is 10.4. The van der Waals surface area contributed by atoms with Gasteiger partial charge in [0.25, 0.3) is 0 Å². The number of benzene rings is 2. The Morgan fingerprint density at radius 2 is 1.72 bits per heavy atom. The summed E-state index contributed by atoms with van der Waals surface area (Å²) in [7, 11) is 0. The second-order valence-corrected chi connectivity index (χ2v) is 9.52. The first-order valence-corrected chi connectivity index (χ1v) is 11.3. The van der Waals surface area contributed by atoms with Crippen LogP contribution in [0.1, 0.15) is 36.6 Å². The minimum absolute atomic E-state index is 0.0691. The van der Waals surface area contributed by atoms with Gasteiger partial charge < -0.3 is 10.1 Å². The molecule has 0 spiro atoms. The minimum atomic E-state index is 0.0691. The van der Waals surface area contributed by atoms with Crippen molar-refractivity contribution in [2.45, 2.75) is 43.4 Å². The molecule has 1 saturated heterocycles. The van der Waals surface area contributed by atoms with E-state index in [9.17, 15) is 4.79 Å². The Balaban J connectivity index is 1.59. The van der Waals surface area contributed by atoms with E-state index in [0.29, 0.717) is 18.2 Å². The maximum atomic E-state index is 12.6. The van der Waals surface area contributed by atoms with Crippen LogP contribution in [0.25, 0.3) is 0 Å². The van der Waals surface area contributed by atoms with Gasteiger partial charge in [-0.1, -0.05) is 55.8 Å². The van der Waals surface area contributed by atoms with Gasteiger partial charge in [-0.3, -0.25) is 9.69 Å². The smallest absolute Gasteiger partial charge is 0.224 e. The number of ether oxygens (including phenoxy) is 1. The lowest BCUT2D eigenvalue weighted by Crippen LogP contribution is -2.44. The number of carbonyl (C=O) groups excluding carboxylic acids is 1. The molecule has 3 rings (SSSR count). The third-order valence-corrected chi connectivity index (χ3v) is 6.12. The Labute approximate surface area is 179 Å². The van der Waals surface area contributed by atoms with E-state index in [1.54, 1.807) is 0 Å². The van der Waals surface area contributed by atoms with Gasteiger partial charge >= 0.3 is 0 Å². The predicted octanol–water partition coefficient (Wildman–Crippen LogP) is 4.23. The monoisotopic (exact) mass is 412 g/mol. The summed E-state index contributed by atoms with van der Waals surface area (Å²) in [6.07, 6.45) is 0.413. The van der Waals surface area contributed by atoms with E-state index in [1.807, 2.05) is 11.8 Å². The van der Waals surface area contributed by atoms with Crippen LogP contribution < -0.4 is 5.32 Å². The van der Waals surface area contributed by atoms with Crippen LogP contribution >= 0.6 is 11.8 Å². The van der Waals surface area contributed by atoms with Crippen LogP contribution in [-0.4, -0.2) is 48.9 Å². The third-order valence-electron chi connectivity index (χ3n) is 5.10. The number of rotatable bonds is 8. The summed E-state index contributed by atoms with van der Waals surface area (Å²) in [6.45, 7) is 10.4. The molecule has 1 aliphatic rings. The van der Waals surface area contributed by atoms with Crippen molar-refractivity contribution in [2.24, 2.45) is 0 Å². The van der Waals surface area contributed by atoms with Gasteiger partial charge in [-0.05, 0) is 30.2 Å². The number of hydrogen-bond acceptors (Lipinski definition) is 4. The molecule has 5 heteroatoms. The Morgan fingerprint density at radius 1 is 1.07 bits per heavy atom. The highest BCUT2D eigenvalue weighted by molar-refractivity contribution is 7.99. The number of carbonyl (C=O) groups is 1. The number of thioether (sulfide) groups is 1. The van der Waals surface area contributed by atoms with Crippen LogP contribution in [0.4, 0.5) is 0 Å². The Hall–Kier alpha value is -1.82. The lowest BCUT2D eigenvalue weighted by molar-refractivity contribution is -0.120. The number of hydrogen-bond donors (Lipinski definition) is 1. The molecule has 0 aromatic heterocycles. The molecule has 2 aromatic rings. The largest absolute Gasteiger partial charge is 0.379 e. The van der Waals surface area contributed by atoms with Crippen molar-refractivity contribution >= 4 is 17.7 Å². The maximum absolute atomic E-state index is 12.6. The molecule has 0 radical (unpaired) electrons. The highest BCUT2D eigenvalue weighted by Gasteiger charge is 2.23. The summed E-state index contributed by atoms with van der Waals surface area (Å²) in [4.78, 5) is 16.2. The first-order chi connectivity index (χ1) is 14.0. The van der Waals surface area contributed by atoms with Crippen LogP contribution in [0.3, 0.4) is 0 Å². The summed E-state index contributed by atoms with van der Waals surface area (Å²) in [5.74, 6) is 0.0691. The average Bonchev–Trinajstić information content (AvgIpc) is 2.71. The fourth-order valence-electron chi connectivity index (χ4n) is 3.55. The van der Waals surface area contributed by atoms with E-state index < -0.39 is 0 Å². The average molecular weight is 413 g/mol. The molecular formula is C24H32N2O2S. The van der Waals surface area contributed by atoms with E-state index in [1.165, 1.54) is 16.0 Å². The van der Waals surface area contributed by atoms with Crippen LogP contribution in [0.2, 0.25) is 0 Å². The molecule has 1 heterocycles. The predicted molar refractivity (Wildman–Crippen MR) is 120 cm³/mol. The Morgan fingerprint density at radius 3 is 2.34 bits per heavy atom. The Kier molecular flexibility index (Phi) is 8.16. The second-order valence-electron chi connectivity index (χ2n) is 7.87. The molecule has 156 valence electrons. The molecule has 0 unspecified atom stereocenters. The minimum Gasteiger partial charge on any atom is -0.379 e. The molecule has 1 aliphatic heterocycles. The number of morpholine rings is 1. The second kappa shape index (κ2) is 10.8. The lowest BCUT2D eigenvalue weighted by atomic mass is 10.0. The number of amides is 1. The number of nitrogens with one attached hydrogen (secondary N) is 1. The zero-order chi connectivity index (χ0) is 20.6. The standard InChI is InChI=1S/C24H32N2O2S/c1-18(2)29-22-10-6-20(7-11-22)16-24(27)25-17-23(26-12-14-28-15-13-26)21-8-4-19(3)5-9-21/h4-11,18,23H,12-17H2,1-3H3,(H,25,27)/t23-/m0/s1. The van der Waals surface area contributed by atoms with Crippen molar-refractivity contribution in [3.63, 3.8) is 0 Å². The van der Waals surface area contributed by atoms with Crippen LogP contribution in [0, 0.1) is 6.92 Å². The molecule has 4 nitrogen and oxygen atoms in total. The summed E-state index contributed by atoms with van der Waals surface area (Å²) in [5.41, 5.74) is 3.54. The SMILES string of the molecule is Cc1ccc([C@H](CNC(=O)Cc2ccc(SC(C)C)cc2)N2CCOCC2)cc1. The molecule has 1 fully saturated rings. The zero-order valence-corrected chi connectivity index (χ0v) is 18.5. The third kappa shape index (κ3) is 6.88. The summed E-state index contributed by atoms with van der Waals surface area (Å²) in [6, 6.07) is 17.1. The first kappa shape index (κ1) is 21.9. The van der Waals surface area contributed by atoms with E-state index >= 15 is 0 Å². The normalized spacial score (nSPS) is 16.0. The van der Waals surface area contributed by atoms with Gasteiger partial charge in [0.05, 0.1) is 25.7 Å². The quantitative estimate of drug-likeness (QED) is 0.659. The molecule has 1 atom stereocenters. The molecule has 1 amide bonds. The van der Waals surface area contributed by atoms with Crippen LogP contribution in [0.15, 0.2) is 53.4 Å².